The minimum atomic E-state index is -0.384. The van der Waals surface area contributed by atoms with Gasteiger partial charge >= 0.3 is 0 Å². The summed E-state index contributed by atoms with van der Waals surface area (Å²) in [5.41, 5.74) is 1.98. The third-order valence-electron chi connectivity index (χ3n) is 5.85. The molecule has 2 aromatic rings. The van der Waals surface area contributed by atoms with Gasteiger partial charge in [-0.25, -0.2) is 0 Å². The summed E-state index contributed by atoms with van der Waals surface area (Å²) in [7, 11) is 3.19. The average Bonchev–Trinajstić information content (AvgIpc) is 2.80. The van der Waals surface area contributed by atoms with Crippen LogP contribution in [0.1, 0.15) is 38.2 Å². The fourth-order valence-electron chi connectivity index (χ4n) is 4.18. The van der Waals surface area contributed by atoms with E-state index in [1.807, 2.05) is 42.2 Å². The fourth-order valence-corrected chi connectivity index (χ4v) is 4.18. The highest BCUT2D eigenvalue weighted by atomic mass is 16.6. The number of nitro benzene ring substituents is 1. The Morgan fingerprint density at radius 2 is 1.75 bits per heavy atom. The number of rotatable bonds is 9. The van der Waals surface area contributed by atoms with Crippen molar-refractivity contribution in [3.8, 4) is 11.5 Å². The highest BCUT2D eigenvalue weighted by Gasteiger charge is 2.29. The van der Waals surface area contributed by atoms with Gasteiger partial charge in [0.2, 0.25) is 5.91 Å². The summed E-state index contributed by atoms with van der Waals surface area (Å²) < 4.78 is 10.8. The van der Waals surface area contributed by atoms with Crippen LogP contribution in [0.5, 0.6) is 11.5 Å². The van der Waals surface area contributed by atoms with Crippen LogP contribution in [0.25, 0.3) is 0 Å². The molecule has 0 aliphatic carbocycles. The summed E-state index contributed by atoms with van der Waals surface area (Å²) in [6.45, 7) is 4.46. The van der Waals surface area contributed by atoms with Gasteiger partial charge in [0.05, 0.1) is 19.1 Å². The Kier molecular flexibility index (Phi) is 8.05. The SMILES string of the molecule is CCCC(=O)N(c1ccc(OC)c(OC)c1)C1CCN(Cc2ccc([N+](=O)[O-])cc2)CC1. The molecule has 1 amide bonds. The lowest BCUT2D eigenvalue weighted by molar-refractivity contribution is -0.384. The van der Waals surface area contributed by atoms with Crippen LogP contribution >= 0.6 is 0 Å². The van der Waals surface area contributed by atoms with Crippen molar-refractivity contribution < 1.29 is 19.2 Å². The Labute approximate surface area is 188 Å². The van der Waals surface area contributed by atoms with Gasteiger partial charge in [0.15, 0.2) is 11.5 Å². The molecule has 0 radical (unpaired) electrons. The lowest BCUT2D eigenvalue weighted by Gasteiger charge is -2.39. The number of carbonyl (C=O) groups is 1. The number of nitro groups is 1. The maximum Gasteiger partial charge on any atom is 0.269 e. The molecule has 3 rings (SSSR count). The summed E-state index contributed by atoms with van der Waals surface area (Å²) in [6.07, 6.45) is 3.01. The van der Waals surface area contributed by atoms with Crippen LogP contribution in [0.15, 0.2) is 42.5 Å². The predicted molar refractivity (Wildman–Crippen MR) is 123 cm³/mol. The summed E-state index contributed by atoms with van der Waals surface area (Å²) in [4.78, 5) is 27.8. The number of hydrogen-bond acceptors (Lipinski definition) is 6. The third kappa shape index (κ3) is 5.56. The van der Waals surface area contributed by atoms with Crippen molar-refractivity contribution in [3.05, 3.63) is 58.1 Å². The van der Waals surface area contributed by atoms with Crippen LogP contribution in [0.3, 0.4) is 0 Å². The maximum atomic E-state index is 13.0. The Balaban J connectivity index is 1.70. The van der Waals surface area contributed by atoms with Crippen LogP contribution in [0, 0.1) is 10.1 Å². The van der Waals surface area contributed by atoms with Gasteiger partial charge in [0, 0.05) is 56.0 Å². The molecule has 8 nitrogen and oxygen atoms in total. The first-order valence-corrected chi connectivity index (χ1v) is 11.0. The van der Waals surface area contributed by atoms with E-state index in [9.17, 15) is 14.9 Å². The standard InChI is InChI=1S/C24H31N3O5/c1-4-5-24(28)26(21-10-11-22(31-2)23(16-21)32-3)19-12-14-25(15-13-19)17-18-6-8-20(9-7-18)27(29)30/h6-11,16,19H,4-5,12-15,17H2,1-3H3. The van der Waals surface area contributed by atoms with Crippen LogP contribution in [0.2, 0.25) is 0 Å². The fraction of sp³-hybridized carbons (Fsp3) is 0.458. The topological polar surface area (TPSA) is 85.2 Å². The summed E-state index contributed by atoms with van der Waals surface area (Å²) in [5, 5.41) is 10.8. The maximum absolute atomic E-state index is 13.0. The quantitative estimate of drug-likeness (QED) is 0.423. The second kappa shape index (κ2) is 10.9. The monoisotopic (exact) mass is 441 g/mol. The average molecular weight is 442 g/mol. The molecular weight excluding hydrogens is 410 g/mol. The van der Waals surface area contributed by atoms with E-state index < -0.39 is 0 Å². The van der Waals surface area contributed by atoms with E-state index in [-0.39, 0.29) is 22.6 Å². The molecule has 1 saturated heterocycles. The van der Waals surface area contributed by atoms with E-state index in [4.69, 9.17) is 9.47 Å². The van der Waals surface area contributed by atoms with E-state index in [0.717, 1.165) is 50.1 Å². The van der Waals surface area contributed by atoms with Gasteiger partial charge in [-0.1, -0.05) is 19.1 Å². The first-order chi connectivity index (χ1) is 15.5. The molecule has 0 spiro atoms. The molecule has 1 fully saturated rings. The van der Waals surface area contributed by atoms with Gasteiger partial charge in [-0.05, 0) is 37.0 Å². The summed E-state index contributed by atoms with van der Waals surface area (Å²) >= 11 is 0. The smallest absolute Gasteiger partial charge is 0.269 e. The largest absolute Gasteiger partial charge is 0.493 e. The Morgan fingerprint density at radius 3 is 2.31 bits per heavy atom. The number of non-ortho nitro benzene ring substituents is 1. The number of nitrogens with zero attached hydrogens (tertiary/aromatic N) is 3. The molecule has 32 heavy (non-hydrogen) atoms. The Hall–Kier alpha value is -3.13. The van der Waals surface area contributed by atoms with Crippen molar-refractivity contribution in [2.45, 2.75) is 45.2 Å². The number of likely N-dealkylation sites (tertiary alicyclic amines) is 1. The number of amides is 1. The van der Waals surface area contributed by atoms with Gasteiger partial charge in [0.25, 0.3) is 5.69 Å². The molecule has 1 heterocycles. The molecular formula is C24H31N3O5. The van der Waals surface area contributed by atoms with E-state index in [1.165, 1.54) is 0 Å². The molecule has 172 valence electrons. The zero-order valence-electron chi connectivity index (χ0n) is 19.0. The zero-order valence-corrected chi connectivity index (χ0v) is 19.0. The minimum Gasteiger partial charge on any atom is -0.493 e. The number of ether oxygens (including phenoxy) is 2. The van der Waals surface area contributed by atoms with Crippen molar-refractivity contribution in [1.29, 1.82) is 0 Å². The van der Waals surface area contributed by atoms with Gasteiger partial charge < -0.3 is 14.4 Å². The van der Waals surface area contributed by atoms with E-state index in [1.54, 1.807) is 26.4 Å². The normalized spacial score (nSPS) is 14.7. The number of hydrogen-bond donors (Lipinski definition) is 0. The lowest BCUT2D eigenvalue weighted by Crippen LogP contribution is -2.47. The summed E-state index contributed by atoms with van der Waals surface area (Å²) in [6, 6.07) is 12.4. The zero-order chi connectivity index (χ0) is 23.1. The van der Waals surface area contributed by atoms with Gasteiger partial charge in [0.1, 0.15) is 0 Å². The Morgan fingerprint density at radius 1 is 1.09 bits per heavy atom. The molecule has 1 aliphatic rings. The van der Waals surface area contributed by atoms with Crippen molar-refractivity contribution in [3.63, 3.8) is 0 Å². The Bertz CT molecular complexity index is 924. The molecule has 2 aromatic carbocycles. The van der Waals surface area contributed by atoms with Crippen molar-refractivity contribution in [2.24, 2.45) is 0 Å². The highest BCUT2D eigenvalue weighted by molar-refractivity contribution is 5.94. The van der Waals surface area contributed by atoms with Crippen LogP contribution in [-0.4, -0.2) is 49.1 Å². The van der Waals surface area contributed by atoms with Gasteiger partial charge in [-0.15, -0.1) is 0 Å². The first-order valence-electron chi connectivity index (χ1n) is 11.0. The van der Waals surface area contributed by atoms with E-state index in [0.29, 0.717) is 17.9 Å². The first kappa shape index (κ1) is 23.5. The number of methoxy groups -OCH3 is 2. The lowest BCUT2D eigenvalue weighted by atomic mass is 10.0. The summed E-state index contributed by atoms with van der Waals surface area (Å²) in [5.74, 6) is 1.36. The molecule has 0 atom stereocenters. The van der Waals surface area contributed by atoms with Crippen molar-refractivity contribution >= 4 is 17.3 Å². The second-order valence-corrected chi connectivity index (χ2v) is 7.98. The molecule has 8 heteroatoms. The number of anilines is 1. The van der Waals surface area contributed by atoms with Crippen molar-refractivity contribution in [2.75, 3.05) is 32.2 Å². The van der Waals surface area contributed by atoms with Gasteiger partial charge in [-0.2, -0.15) is 0 Å². The molecule has 0 bridgehead atoms. The van der Waals surface area contributed by atoms with Crippen LogP contribution < -0.4 is 14.4 Å². The predicted octanol–water partition coefficient (Wildman–Crippen LogP) is 4.41. The highest BCUT2D eigenvalue weighted by Crippen LogP contribution is 2.34. The van der Waals surface area contributed by atoms with Crippen LogP contribution in [0.4, 0.5) is 11.4 Å². The number of piperidine rings is 1. The minimum absolute atomic E-state index is 0.104. The molecule has 0 unspecified atom stereocenters. The number of carbonyl (C=O) groups excluding carboxylic acids is 1. The molecule has 0 N–H and O–H groups in total. The van der Waals surface area contributed by atoms with E-state index in [2.05, 4.69) is 4.90 Å². The van der Waals surface area contributed by atoms with E-state index >= 15 is 0 Å². The van der Waals surface area contributed by atoms with Gasteiger partial charge in [-0.3, -0.25) is 19.8 Å². The molecule has 1 aliphatic heterocycles. The van der Waals surface area contributed by atoms with Crippen molar-refractivity contribution in [1.82, 2.24) is 4.90 Å². The third-order valence-corrected chi connectivity index (χ3v) is 5.85. The van der Waals surface area contributed by atoms with Crippen LogP contribution in [-0.2, 0) is 11.3 Å². The number of benzene rings is 2. The molecule has 0 saturated carbocycles. The molecule has 0 aromatic heterocycles. The second-order valence-electron chi connectivity index (χ2n) is 7.98.